The van der Waals surface area contributed by atoms with E-state index in [4.69, 9.17) is 0 Å². The van der Waals surface area contributed by atoms with Gasteiger partial charge in [0.2, 0.25) is 0 Å². The van der Waals surface area contributed by atoms with Gasteiger partial charge in [0.25, 0.3) is 5.91 Å². The van der Waals surface area contributed by atoms with Gasteiger partial charge in [0.1, 0.15) is 5.82 Å². The molecule has 0 saturated carbocycles. The van der Waals surface area contributed by atoms with Crippen molar-refractivity contribution in [3.63, 3.8) is 0 Å². The summed E-state index contributed by atoms with van der Waals surface area (Å²) < 4.78 is 1.73. The molecule has 0 unspecified atom stereocenters. The van der Waals surface area contributed by atoms with Crippen molar-refractivity contribution < 1.29 is 4.79 Å². The molecule has 0 aliphatic carbocycles. The van der Waals surface area contributed by atoms with Gasteiger partial charge in [0, 0.05) is 32.4 Å². The highest BCUT2D eigenvalue weighted by molar-refractivity contribution is 5.91. The molecule has 94 valence electrons. The van der Waals surface area contributed by atoms with Crippen molar-refractivity contribution in [1.82, 2.24) is 25.3 Å². The Morgan fingerprint density at radius 2 is 2.22 bits per heavy atom. The van der Waals surface area contributed by atoms with Crippen LogP contribution >= 0.6 is 0 Å². The van der Waals surface area contributed by atoms with E-state index in [0.29, 0.717) is 18.1 Å². The molecule has 0 radical (unpaired) electrons. The van der Waals surface area contributed by atoms with Crippen molar-refractivity contribution in [2.75, 3.05) is 12.4 Å². The summed E-state index contributed by atoms with van der Waals surface area (Å²) in [6.45, 7) is 0.613. The molecule has 0 atom stereocenters. The molecule has 0 aliphatic rings. The molecule has 7 nitrogen and oxygen atoms in total. The summed E-state index contributed by atoms with van der Waals surface area (Å²) in [6.07, 6.45) is 3.69. The number of anilines is 1. The number of aryl methyl sites for hydroxylation is 1. The Morgan fingerprint density at radius 3 is 2.78 bits per heavy atom. The minimum atomic E-state index is -0.249. The van der Waals surface area contributed by atoms with Crippen LogP contribution in [0.1, 0.15) is 16.1 Å². The highest BCUT2D eigenvalue weighted by Crippen LogP contribution is 2.05. The van der Waals surface area contributed by atoms with Crippen molar-refractivity contribution >= 4 is 11.7 Å². The molecule has 0 aliphatic heterocycles. The summed E-state index contributed by atoms with van der Waals surface area (Å²) in [5, 5.41) is 17.4. The van der Waals surface area contributed by atoms with Gasteiger partial charge < -0.3 is 10.6 Å². The maximum Gasteiger partial charge on any atom is 0.271 e. The Balaban J connectivity index is 1.96. The van der Waals surface area contributed by atoms with E-state index in [2.05, 4.69) is 25.9 Å². The van der Waals surface area contributed by atoms with Gasteiger partial charge in [-0.25, -0.2) is 0 Å². The normalized spacial score (nSPS) is 10.1. The third-order valence-electron chi connectivity index (χ3n) is 2.36. The SMILES string of the molecule is CNC(=O)c1ccc(NCc2cnn(C)c2)nn1. The molecule has 0 bridgehead atoms. The topological polar surface area (TPSA) is 84.7 Å². The first-order valence-corrected chi connectivity index (χ1v) is 5.46. The van der Waals surface area contributed by atoms with Crippen LogP contribution in [0, 0.1) is 0 Å². The molecule has 2 N–H and O–H groups in total. The van der Waals surface area contributed by atoms with Crippen LogP contribution in [0.15, 0.2) is 24.5 Å². The van der Waals surface area contributed by atoms with Crippen molar-refractivity contribution in [3.8, 4) is 0 Å². The molecule has 0 aromatic carbocycles. The van der Waals surface area contributed by atoms with E-state index in [1.54, 1.807) is 30.1 Å². The Labute approximate surface area is 104 Å². The number of hydrogen-bond acceptors (Lipinski definition) is 5. The number of carbonyl (C=O) groups excluding carboxylic acids is 1. The van der Waals surface area contributed by atoms with Crippen LogP contribution in [-0.4, -0.2) is 32.9 Å². The molecule has 2 heterocycles. The smallest absolute Gasteiger partial charge is 0.271 e. The van der Waals surface area contributed by atoms with Gasteiger partial charge in [-0.15, -0.1) is 10.2 Å². The van der Waals surface area contributed by atoms with E-state index in [0.717, 1.165) is 5.56 Å². The van der Waals surface area contributed by atoms with Crippen LogP contribution in [0.5, 0.6) is 0 Å². The third kappa shape index (κ3) is 2.82. The fourth-order valence-electron chi connectivity index (χ4n) is 1.43. The summed E-state index contributed by atoms with van der Waals surface area (Å²) in [6, 6.07) is 3.34. The maximum atomic E-state index is 11.3. The standard InChI is InChI=1S/C11H14N6O/c1-12-11(18)9-3-4-10(16-15-9)13-5-8-6-14-17(2)7-8/h3-4,6-7H,5H2,1-2H3,(H,12,18)(H,13,16). The van der Waals surface area contributed by atoms with Gasteiger partial charge in [-0.05, 0) is 12.1 Å². The number of hydrogen-bond donors (Lipinski definition) is 2. The van der Waals surface area contributed by atoms with Gasteiger partial charge in [-0.3, -0.25) is 9.48 Å². The quantitative estimate of drug-likeness (QED) is 0.804. The van der Waals surface area contributed by atoms with Crippen molar-refractivity contribution in [3.05, 3.63) is 35.8 Å². The fourth-order valence-corrected chi connectivity index (χ4v) is 1.43. The van der Waals surface area contributed by atoms with Crippen LogP contribution in [0.3, 0.4) is 0 Å². The molecule has 0 saturated heterocycles. The van der Waals surface area contributed by atoms with E-state index < -0.39 is 0 Å². The highest BCUT2D eigenvalue weighted by Gasteiger charge is 2.05. The molecule has 2 aromatic rings. The van der Waals surface area contributed by atoms with Crippen molar-refractivity contribution in [1.29, 1.82) is 0 Å². The largest absolute Gasteiger partial charge is 0.364 e. The second-order valence-electron chi connectivity index (χ2n) is 3.76. The predicted octanol–water partition coefficient (Wildman–Crippen LogP) is 0.182. The van der Waals surface area contributed by atoms with Crippen LogP contribution < -0.4 is 10.6 Å². The number of nitrogens with one attached hydrogen (secondary N) is 2. The van der Waals surface area contributed by atoms with Gasteiger partial charge in [-0.1, -0.05) is 0 Å². The number of nitrogens with zero attached hydrogens (tertiary/aromatic N) is 4. The predicted molar refractivity (Wildman–Crippen MR) is 66.0 cm³/mol. The molecular weight excluding hydrogens is 232 g/mol. The van der Waals surface area contributed by atoms with Gasteiger partial charge >= 0.3 is 0 Å². The monoisotopic (exact) mass is 246 g/mol. The first-order valence-electron chi connectivity index (χ1n) is 5.46. The van der Waals surface area contributed by atoms with Crippen LogP contribution in [0.4, 0.5) is 5.82 Å². The zero-order valence-corrected chi connectivity index (χ0v) is 10.2. The lowest BCUT2D eigenvalue weighted by atomic mass is 10.3. The van der Waals surface area contributed by atoms with Gasteiger partial charge in [0.15, 0.2) is 5.69 Å². The van der Waals surface area contributed by atoms with Crippen molar-refractivity contribution in [2.24, 2.45) is 7.05 Å². The van der Waals surface area contributed by atoms with E-state index >= 15 is 0 Å². The van der Waals surface area contributed by atoms with Gasteiger partial charge in [-0.2, -0.15) is 5.10 Å². The summed E-state index contributed by atoms with van der Waals surface area (Å²) in [5.74, 6) is 0.368. The van der Waals surface area contributed by atoms with E-state index in [9.17, 15) is 4.79 Å². The second-order valence-corrected chi connectivity index (χ2v) is 3.76. The lowest BCUT2D eigenvalue weighted by molar-refractivity contribution is 0.0957. The number of aromatic nitrogens is 4. The Bertz CT molecular complexity index is 533. The van der Waals surface area contributed by atoms with Crippen LogP contribution in [0.25, 0.3) is 0 Å². The molecule has 2 rings (SSSR count). The first kappa shape index (κ1) is 12.0. The highest BCUT2D eigenvalue weighted by atomic mass is 16.1. The Kier molecular flexibility index (Phi) is 3.52. The minimum Gasteiger partial charge on any atom is -0.364 e. The molecule has 0 spiro atoms. The van der Waals surface area contributed by atoms with E-state index in [-0.39, 0.29) is 5.91 Å². The lowest BCUT2D eigenvalue weighted by Crippen LogP contribution is -2.19. The number of carbonyl (C=O) groups is 1. The van der Waals surface area contributed by atoms with Gasteiger partial charge in [0.05, 0.1) is 6.20 Å². The summed E-state index contributed by atoms with van der Waals surface area (Å²) in [4.78, 5) is 11.3. The van der Waals surface area contributed by atoms with Crippen LogP contribution in [-0.2, 0) is 13.6 Å². The zero-order chi connectivity index (χ0) is 13.0. The Morgan fingerprint density at radius 1 is 1.39 bits per heavy atom. The third-order valence-corrected chi connectivity index (χ3v) is 2.36. The van der Waals surface area contributed by atoms with E-state index in [1.165, 1.54) is 0 Å². The van der Waals surface area contributed by atoms with Crippen LogP contribution in [0.2, 0.25) is 0 Å². The summed E-state index contributed by atoms with van der Waals surface area (Å²) >= 11 is 0. The van der Waals surface area contributed by atoms with E-state index in [1.807, 2.05) is 13.2 Å². The molecule has 7 heteroatoms. The minimum absolute atomic E-state index is 0.249. The molecule has 2 aromatic heterocycles. The Hall–Kier alpha value is -2.44. The molecule has 0 fully saturated rings. The molecular formula is C11H14N6O. The average Bonchev–Trinajstić information content (AvgIpc) is 2.82. The molecule has 18 heavy (non-hydrogen) atoms. The lowest BCUT2D eigenvalue weighted by Gasteiger charge is -2.03. The zero-order valence-electron chi connectivity index (χ0n) is 10.2. The number of amides is 1. The maximum absolute atomic E-state index is 11.3. The summed E-state index contributed by atoms with van der Waals surface area (Å²) in [7, 11) is 3.42. The fraction of sp³-hybridized carbons (Fsp3) is 0.273. The molecule has 1 amide bonds. The number of rotatable bonds is 4. The summed E-state index contributed by atoms with van der Waals surface area (Å²) in [5.41, 5.74) is 1.35. The average molecular weight is 246 g/mol. The second kappa shape index (κ2) is 5.26. The first-order chi connectivity index (χ1) is 8.69. The van der Waals surface area contributed by atoms with Crippen molar-refractivity contribution in [2.45, 2.75) is 6.54 Å².